The van der Waals surface area contributed by atoms with Gasteiger partial charge in [-0.2, -0.15) is 0 Å². The maximum atomic E-state index is 9.69. The van der Waals surface area contributed by atoms with Gasteiger partial charge in [-0.1, -0.05) is 20.3 Å². The summed E-state index contributed by atoms with van der Waals surface area (Å²) in [6.07, 6.45) is 4.63. The Morgan fingerprint density at radius 1 is 1.40 bits per heavy atom. The topological polar surface area (TPSA) is 35.5 Å². The summed E-state index contributed by atoms with van der Waals surface area (Å²) in [5.41, 5.74) is 0. The molecule has 0 aromatic heterocycles. The van der Waals surface area contributed by atoms with Crippen LogP contribution in [0.4, 0.5) is 0 Å². The highest BCUT2D eigenvalue weighted by molar-refractivity contribution is 4.80. The van der Waals surface area contributed by atoms with Gasteiger partial charge in [-0.15, -0.1) is 0 Å². The number of rotatable bonds is 6. The van der Waals surface area contributed by atoms with Gasteiger partial charge in [0.05, 0.1) is 6.10 Å². The Kier molecular flexibility index (Phi) is 6.22. The molecule has 0 saturated carbocycles. The molecule has 0 spiro atoms. The zero-order valence-corrected chi connectivity index (χ0v) is 10.2. The second-order valence-electron chi connectivity index (χ2n) is 4.51. The molecule has 1 rings (SSSR count). The summed E-state index contributed by atoms with van der Waals surface area (Å²) in [5.74, 6) is 0. The predicted octanol–water partition coefficient (Wildman–Crippen LogP) is 1.22. The summed E-state index contributed by atoms with van der Waals surface area (Å²) in [7, 11) is 0. The first kappa shape index (κ1) is 12.9. The van der Waals surface area contributed by atoms with E-state index in [0.29, 0.717) is 6.04 Å². The molecule has 15 heavy (non-hydrogen) atoms. The molecule has 0 bridgehead atoms. The lowest BCUT2D eigenvalue weighted by Crippen LogP contribution is -2.48. The minimum Gasteiger partial charge on any atom is -0.392 e. The zero-order chi connectivity index (χ0) is 11.1. The summed E-state index contributed by atoms with van der Waals surface area (Å²) < 4.78 is 0. The number of hydrogen-bond donors (Lipinski definition) is 2. The van der Waals surface area contributed by atoms with Crippen LogP contribution in [-0.2, 0) is 0 Å². The van der Waals surface area contributed by atoms with E-state index in [1.54, 1.807) is 0 Å². The van der Waals surface area contributed by atoms with Crippen LogP contribution in [0.1, 0.15) is 39.5 Å². The second-order valence-corrected chi connectivity index (χ2v) is 4.51. The van der Waals surface area contributed by atoms with Crippen molar-refractivity contribution in [3.8, 4) is 0 Å². The van der Waals surface area contributed by atoms with Crippen molar-refractivity contribution in [1.82, 2.24) is 10.2 Å². The molecule has 1 aliphatic heterocycles. The molecule has 2 atom stereocenters. The van der Waals surface area contributed by atoms with E-state index in [4.69, 9.17) is 0 Å². The third-order valence-corrected chi connectivity index (χ3v) is 3.30. The van der Waals surface area contributed by atoms with E-state index in [2.05, 4.69) is 17.1 Å². The number of likely N-dealkylation sites (N-methyl/N-ethyl adjacent to an activating group) is 1. The molecule has 0 aliphatic carbocycles. The molecule has 2 unspecified atom stereocenters. The maximum absolute atomic E-state index is 9.69. The Morgan fingerprint density at radius 3 is 2.87 bits per heavy atom. The van der Waals surface area contributed by atoms with Crippen LogP contribution in [-0.4, -0.2) is 48.3 Å². The quantitative estimate of drug-likeness (QED) is 0.698. The number of piperidine rings is 1. The van der Waals surface area contributed by atoms with Crippen LogP contribution in [0, 0.1) is 0 Å². The van der Waals surface area contributed by atoms with Gasteiger partial charge in [0, 0.05) is 19.1 Å². The fourth-order valence-corrected chi connectivity index (χ4v) is 2.24. The molecule has 1 aliphatic rings. The lowest BCUT2D eigenvalue weighted by molar-refractivity contribution is 0.0654. The predicted molar refractivity (Wildman–Crippen MR) is 64.1 cm³/mol. The fraction of sp³-hybridized carbons (Fsp3) is 1.00. The zero-order valence-electron chi connectivity index (χ0n) is 10.2. The lowest BCUT2D eigenvalue weighted by Gasteiger charge is -2.37. The number of hydrogen-bond acceptors (Lipinski definition) is 3. The van der Waals surface area contributed by atoms with Crippen LogP contribution in [0.2, 0.25) is 0 Å². The summed E-state index contributed by atoms with van der Waals surface area (Å²) >= 11 is 0. The number of β-amino-alcohol motifs (C(OH)–C–C–N with tert-alkyl or cyclic N) is 1. The Hall–Kier alpha value is -0.120. The summed E-state index contributed by atoms with van der Waals surface area (Å²) in [6.45, 7) is 8.33. The van der Waals surface area contributed by atoms with Crippen LogP contribution < -0.4 is 5.32 Å². The van der Waals surface area contributed by atoms with Crippen molar-refractivity contribution in [3.63, 3.8) is 0 Å². The van der Waals surface area contributed by atoms with Crippen molar-refractivity contribution in [3.05, 3.63) is 0 Å². The van der Waals surface area contributed by atoms with Crippen molar-refractivity contribution in [2.75, 3.05) is 26.2 Å². The van der Waals surface area contributed by atoms with E-state index in [9.17, 15) is 5.11 Å². The minimum atomic E-state index is -0.146. The van der Waals surface area contributed by atoms with E-state index >= 15 is 0 Å². The number of likely N-dealkylation sites (tertiary alicyclic amines) is 1. The lowest BCUT2D eigenvalue weighted by atomic mass is 10.0. The van der Waals surface area contributed by atoms with Crippen LogP contribution in [0.3, 0.4) is 0 Å². The summed E-state index contributed by atoms with van der Waals surface area (Å²) in [4.78, 5) is 2.46. The smallest absolute Gasteiger partial charge is 0.0664 e. The van der Waals surface area contributed by atoms with E-state index in [1.165, 1.54) is 19.3 Å². The molecule has 3 heteroatoms. The largest absolute Gasteiger partial charge is 0.392 e. The van der Waals surface area contributed by atoms with E-state index in [-0.39, 0.29) is 6.10 Å². The van der Waals surface area contributed by atoms with Gasteiger partial charge in [-0.3, -0.25) is 4.90 Å². The molecule has 1 heterocycles. The molecule has 3 nitrogen and oxygen atoms in total. The van der Waals surface area contributed by atoms with Crippen LogP contribution in [0.5, 0.6) is 0 Å². The molecule has 1 fully saturated rings. The van der Waals surface area contributed by atoms with Crippen molar-refractivity contribution >= 4 is 0 Å². The normalized spacial score (nSPS) is 25.4. The SMILES string of the molecule is CCNCC1CCCCN1CC(O)CC. The Bertz CT molecular complexity index is 164. The van der Waals surface area contributed by atoms with Gasteiger partial charge in [0.25, 0.3) is 0 Å². The molecule has 0 aromatic carbocycles. The first-order valence-electron chi connectivity index (χ1n) is 6.40. The highest BCUT2D eigenvalue weighted by atomic mass is 16.3. The monoisotopic (exact) mass is 214 g/mol. The van der Waals surface area contributed by atoms with Gasteiger partial charge in [-0.05, 0) is 32.4 Å². The highest BCUT2D eigenvalue weighted by Crippen LogP contribution is 2.17. The van der Waals surface area contributed by atoms with Gasteiger partial charge in [0.1, 0.15) is 0 Å². The Morgan fingerprint density at radius 2 is 2.20 bits per heavy atom. The fourth-order valence-electron chi connectivity index (χ4n) is 2.24. The number of aliphatic hydroxyl groups is 1. The summed E-state index contributed by atoms with van der Waals surface area (Å²) in [6, 6.07) is 0.639. The molecule has 2 N–H and O–H groups in total. The third kappa shape index (κ3) is 4.49. The van der Waals surface area contributed by atoms with Gasteiger partial charge < -0.3 is 10.4 Å². The number of aliphatic hydroxyl groups excluding tert-OH is 1. The minimum absolute atomic E-state index is 0.146. The molecular weight excluding hydrogens is 188 g/mol. The van der Waals surface area contributed by atoms with Crippen molar-refractivity contribution in [2.45, 2.75) is 51.7 Å². The molecule has 1 saturated heterocycles. The average Bonchev–Trinajstić information content (AvgIpc) is 2.28. The molecule has 90 valence electrons. The molecule has 0 amide bonds. The average molecular weight is 214 g/mol. The number of nitrogens with one attached hydrogen (secondary N) is 1. The van der Waals surface area contributed by atoms with Crippen molar-refractivity contribution < 1.29 is 5.11 Å². The molecule has 0 radical (unpaired) electrons. The van der Waals surface area contributed by atoms with Crippen LogP contribution in [0.15, 0.2) is 0 Å². The highest BCUT2D eigenvalue weighted by Gasteiger charge is 2.23. The van der Waals surface area contributed by atoms with E-state index in [0.717, 1.165) is 32.6 Å². The van der Waals surface area contributed by atoms with Gasteiger partial charge in [-0.25, -0.2) is 0 Å². The number of nitrogens with zero attached hydrogens (tertiary/aromatic N) is 1. The molecule has 0 aromatic rings. The van der Waals surface area contributed by atoms with Crippen molar-refractivity contribution in [2.24, 2.45) is 0 Å². The molecular formula is C12H26N2O. The van der Waals surface area contributed by atoms with Gasteiger partial charge in [0.15, 0.2) is 0 Å². The van der Waals surface area contributed by atoms with Gasteiger partial charge >= 0.3 is 0 Å². The third-order valence-electron chi connectivity index (χ3n) is 3.30. The van der Waals surface area contributed by atoms with E-state index in [1.807, 2.05) is 6.92 Å². The van der Waals surface area contributed by atoms with E-state index < -0.39 is 0 Å². The van der Waals surface area contributed by atoms with Crippen LogP contribution in [0.25, 0.3) is 0 Å². The van der Waals surface area contributed by atoms with Gasteiger partial charge in [0.2, 0.25) is 0 Å². The first-order valence-corrected chi connectivity index (χ1v) is 6.40. The Labute approximate surface area is 93.9 Å². The maximum Gasteiger partial charge on any atom is 0.0664 e. The van der Waals surface area contributed by atoms with Crippen molar-refractivity contribution in [1.29, 1.82) is 0 Å². The second kappa shape index (κ2) is 7.20. The first-order chi connectivity index (χ1) is 7.27. The Balaban J connectivity index is 2.35. The standard InChI is InChI=1S/C12H26N2O/c1-3-12(15)10-14-8-6-5-7-11(14)9-13-4-2/h11-13,15H,3-10H2,1-2H3. The van der Waals surface area contributed by atoms with Crippen LogP contribution >= 0.6 is 0 Å². The summed E-state index contributed by atoms with van der Waals surface area (Å²) in [5, 5.41) is 13.1.